The number of carbonyl (C=O) groups is 1. The number of nitro groups is 1. The molecule has 1 amide bonds. The highest BCUT2D eigenvalue weighted by Gasteiger charge is 2.31. The van der Waals surface area contributed by atoms with E-state index in [1.807, 2.05) is 0 Å². The lowest BCUT2D eigenvalue weighted by atomic mass is 10.1. The Balaban J connectivity index is 1.87. The topological polar surface area (TPSA) is 85.1 Å². The van der Waals surface area contributed by atoms with Gasteiger partial charge in [-0.15, -0.1) is 11.8 Å². The molecule has 1 heterocycles. The molecule has 0 bridgehead atoms. The van der Waals surface area contributed by atoms with Crippen LogP contribution in [0.5, 0.6) is 0 Å². The minimum atomic E-state index is -4.54. The van der Waals surface area contributed by atoms with Crippen LogP contribution >= 0.6 is 23.4 Å². The van der Waals surface area contributed by atoms with Crippen molar-refractivity contribution in [3.63, 3.8) is 0 Å². The SMILES string of the molecule is O=C(NCCCSc1cc(C(F)(F)F)cc(Cl)n1)c1cc([N+](=O)[O-])ccc1F. The van der Waals surface area contributed by atoms with Crippen LogP contribution in [0.2, 0.25) is 5.15 Å². The van der Waals surface area contributed by atoms with E-state index in [9.17, 15) is 32.5 Å². The number of rotatable bonds is 7. The van der Waals surface area contributed by atoms with Crippen molar-refractivity contribution in [2.45, 2.75) is 17.6 Å². The first-order valence-electron chi connectivity index (χ1n) is 7.67. The Kier molecular flexibility index (Phi) is 7.19. The van der Waals surface area contributed by atoms with Crippen LogP contribution in [0.15, 0.2) is 35.4 Å². The molecule has 6 nitrogen and oxygen atoms in total. The second kappa shape index (κ2) is 9.20. The maximum Gasteiger partial charge on any atom is 0.416 e. The van der Waals surface area contributed by atoms with Crippen LogP contribution in [0.3, 0.4) is 0 Å². The van der Waals surface area contributed by atoms with Crippen LogP contribution in [0.25, 0.3) is 0 Å². The van der Waals surface area contributed by atoms with Gasteiger partial charge in [0.15, 0.2) is 0 Å². The standard InChI is InChI=1S/C16H12ClF4N3O3S/c17-13-6-9(16(19,20)21)7-14(23-13)28-5-1-4-22-15(25)11-8-10(24(26)27)2-3-12(11)18/h2-3,6-8H,1,4-5H2,(H,22,25). The predicted octanol–water partition coefficient (Wildman–Crippen LogP) is 4.71. The summed E-state index contributed by atoms with van der Waals surface area (Å²) in [5, 5.41) is 12.9. The first-order valence-corrected chi connectivity index (χ1v) is 9.04. The van der Waals surface area contributed by atoms with Gasteiger partial charge in [0, 0.05) is 24.4 Å². The molecule has 1 aromatic carbocycles. The molecule has 0 aliphatic rings. The number of halogens is 5. The summed E-state index contributed by atoms with van der Waals surface area (Å²) < 4.78 is 51.9. The van der Waals surface area contributed by atoms with E-state index in [1.165, 1.54) is 0 Å². The van der Waals surface area contributed by atoms with Crippen LogP contribution in [0.1, 0.15) is 22.3 Å². The fourth-order valence-corrected chi connectivity index (χ4v) is 3.19. The molecule has 0 saturated carbocycles. The van der Waals surface area contributed by atoms with E-state index in [-0.39, 0.29) is 16.7 Å². The third-order valence-electron chi connectivity index (χ3n) is 3.36. The molecular weight excluding hydrogens is 426 g/mol. The number of non-ortho nitro benzene ring substituents is 1. The highest BCUT2D eigenvalue weighted by Crippen LogP contribution is 2.33. The van der Waals surface area contributed by atoms with E-state index in [4.69, 9.17) is 11.6 Å². The number of nitro benzene ring substituents is 1. The molecule has 12 heteroatoms. The van der Waals surface area contributed by atoms with Gasteiger partial charge in [-0.25, -0.2) is 9.37 Å². The van der Waals surface area contributed by atoms with E-state index in [0.29, 0.717) is 12.2 Å². The van der Waals surface area contributed by atoms with Gasteiger partial charge in [0.1, 0.15) is 11.0 Å². The minimum Gasteiger partial charge on any atom is -0.352 e. The largest absolute Gasteiger partial charge is 0.416 e. The number of aromatic nitrogens is 1. The number of hydrogen-bond donors (Lipinski definition) is 1. The average Bonchev–Trinajstić information content (AvgIpc) is 2.60. The highest BCUT2D eigenvalue weighted by atomic mass is 35.5. The third-order valence-corrected chi connectivity index (χ3v) is 4.55. The Bertz CT molecular complexity index is 896. The number of thioether (sulfide) groups is 1. The molecule has 1 aromatic heterocycles. The number of benzene rings is 1. The fraction of sp³-hybridized carbons (Fsp3) is 0.250. The molecule has 0 aliphatic heterocycles. The maximum atomic E-state index is 13.7. The van der Waals surface area contributed by atoms with Crippen LogP contribution in [0, 0.1) is 15.9 Å². The summed E-state index contributed by atoms with van der Waals surface area (Å²) in [6, 6.07) is 4.18. The van der Waals surface area contributed by atoms with Gasteiger partial charge in [-0.1, -0.05) is 11.6 Å². The molecular formula is C16H12ClF4N3O3S. The summed E-state index contributed by atoms with van der Waals surface area (Å²) in [6.07, 6.45) is -4.21. The van der Waals surface area contributed by atoms with Crippen molar-refractivity contribution in [2.75, 3.05) is 12.3 Å². The normalized spacial score (nSPS) is 11.3. The van der Waals surface area contributed by atoms with E-state index in [1.54, 1.807) is 0 Å². The number of nitrogens with one attached hydrogen (secondary N) is 1. The van der Waals surface area contributed by atoms with Crippen LogP contribution in [0.4, 0.5) is 23.2 Å². The number of amides is 1. The van der Waals surface area contributed by atoms with Gasteiger partial charge in [-0.05, 0) is 24.6 Å². The fourth-order valence-electron chi connectivity index (χ4n) is 2.06. The Morgan fingerprint density at radius 2 is 2.00 bits per heavy atom. The second-order valence-corrected chi connectivity index (χ2v) is 6.90. The molecule has 0 saturated heterocycles. The smallest absolute Gasteiger partial charge is 0.352 e. The van der Waals surface area contributed by atoms with Crippen LogP contribution in [-0.4, -0.2) is 28.1 Å². The third kappa shape index (κ3) is 6.06. The molecule has 2 aromatic rings. The number of carbonyl (C=O) groups excluding carboxylic acids is 1. The summed E-state index contributed by atoms with van der Waals surface area (Å²) in [6.45, 7) is 0.0840. The minimum absolute atomic E-state index is 0.0795. The van der Waals surface area contributed by atoms with Crippen molar-refractivity contribution < 1.29 is 27.3 Å². The quantitative estimate of drug-likeness (QED) is 0.169. The molecule has 0 radical (unpaired) electrons. The van der Waals surface area contributed by atoms with E-state index in [0.717, 1.165) is 42.1 Å². The Morgan fingerprint density at radius 1 is 1.29 bits per heavy atom. The number of alkyl halides is 3. The zero-order chi connectivity index (χ0) is 20.9. The predicted molar refractivity (Wildman–Crippen MR) is 95.0 cm³/mol. The van der Waals surface area contributed by atoms with E-state index in [2.05, 4.69) is 10.3 Å². The lowest BCUT2D eigenvalue weighted by Crippen LogP contribution is -2.25. The van der Waals surface area contributed by atoms with Gasteiger partial charge in [0.2, 0.25) is 0 Å². The van der Waals surface area contributed by atoms with E-state index >= 15 is 0 Å². The van der Waals surface area contributed by atoms with Gasteiger partial charge in [0.25, 0.3) is 11.6 Å². The Morgan fingerprint density at radius 3 is 2.64 bits per heavy atom. The lowest BCUT2D eigenvalue weighted by Gasteiger charge is -2.09. The first-order chi connectivity index (χ1) is 13.1. The van der Waals surface area contributed by atoms with Crippen LogP contribution in [-0.2, 0) is 6.18 Å². The number of pyridine rings is 1. The summed E-state index contributed by atoms with van der Waals surface area (Å²) in [4.78, 5) is 25.7. The van der Waals surface area contributed by atoms with Gasteiger partial charge >= 0.3 is 6.18 Å². The molecule has 0 unspecified atom stereocenters. The lowest BCUT2D eigenvalue weighted by molar-refractivity contribution is -0.384. The highest BCUT2D eigenvalue weighted by molar-refractivity contribution is 7.99. The zero-order valence-electron chi connectivity index (χ0n) is 13.9. The van der Waals surface area contributed by atoms with Gasteiger partial charge in [-0.2, -0.15) is 13.2 Å². The summed E-state index contributed by atoms with van der Waals surface area (Å²) in [7, 11) is 0. The zero-order valence-corrected chi connectivity index (χ0v) is 15.5. The Hall–Kier alpha value is -2.40. The molecule has 28 heavy (non-hydrogen) atoms. The van der Waals surface area contributed by atoms with Crippen molar-refractivity contribution in [2.24, 2.45) is 0 Å². The van der Waals surface area contributed by atoms with Crippen molar-refractivity contribution in [3.8, 4) is 0 Å². The van der Waals surface area contributed by atoms with Gasteiger partial charge in [0.05, 0.1) is 21.1 Å². The molecule has 150 valence electrons. The van der Waals surface area contributed by atoms with Gasteiger partial charge < -0.3 is 5.32 Å². The molecule has 0 aliphatic carbocycles. The van der Waals surface area contributed by atoms with E-state index < -0.39 is 39.6 Å². The van der Waals surface area contributed by atoms with Crippen molar-refractivity contribution >= 4 is 35.0 Å². The van der Waals surface area contributed by atoms with Crippen molar-refractivity contribution in [1.82, 2.24) is 10.3 Å². The average molecular weight is 438 g/mol. The van der Waals surface area contributed by atoms with Gasteiger partial charge in [-0.3, -0.25) is 14.9 Å². The van der Waals surface area contributed by atoms with Crippen LogP contribution < -0.4 is 5.32 Å². The summed E-state index contributed by atoms with van der Waals surface area (Å²) in [5.74, 6) is -1.42. The molecule has 0 spiro atoms. The number of hydrogen-bond acceptors (Lipinski definition) is 5. The monoisotopic (exact) mass is 437 g/mol. The Labute approximate surface area is 165 Å². The molecule has 0 fully saturated rings. The summed E-state index contributed by atoms with van der Waals surface area (Å²) in [5.41, 5.74) is -1.80. The molecule has 0 atom stereocenters. The molecule has 2 rings (SSSR count). The number of nitrogens with zero attached hydrogens (tertiary/aromatic N) is 2. The van der Waals surface area contributed by atoms with Crippen molar-refractivity contribution in [3.05, 3.63) is 62.5 Å². The molecule has 1 N–H and O–H groups in total. The summed E-state index contributed by atoms with van der Waals surface area (Å²) >= 11 is 6.60. The van der Waals surface area contributed by atoms with Crippen molar-refractivity contribution in [1.29, 1.82) is 0 Å². The first kappa shape index (κ1) is 21.9. The second-order valence-electron chi connectivity index (χ2n) is 5.39. The maximum absolute atomic E-state index is 13.7.